The highest BCUT2D eigenvalue weighted by Gasteiger charge is 2.30. The molecule has 1 amide bonds. The number of carbonyl (C=O) groups is 1. The van der Waals surface area contributed by atoms with E-state index in [0.717, 1.165) is 12.1 Å². The Morgan fingerprint density at radius 3 is 2.45 bits per heavy atom. The van der Waals surface area contributed by atoms with Crippen LogP contribution in [-0.4, -0.2) is 23.7 Å². The third-order valence-corrected chi connectivity index (χ3v) is 3.76. The molecule has 1 aromatic rings. The fraction of sp³-hybridized carbons (Fsp3) is 0.562. The molecular formula is C16H22F3NO2. The third-order valence-electron chi connectivity index (χ3n) is 3.76. The Labute approximate surface area is 128 Å². The largest absolute Gasteiger partial charge is 0.416 e. The number of halogens is 3. The third kappa shape index (κ3) is 5.33. The summed E-state index contributed by atoms with van der Waals surface area (Å²) >= 11 is 0. The molecule has 1 rings (SSSR count). The van der Waals surface area contributed by atoms with Gasteiger partial charge in [0.1, 0.15) is 0 Å². The molecule has 0 fully saturated rings. The van der Waals surface area contributed by atoms with Gasteiger partial charge in [0.15, 0.2) is 0 Å². The number of nitrogens with one attached hydrogen (secondary N) is 1. The molecule has 3 unspecified atom stereocenters. The summed E-state index contributed by atoms with van der Waals surface area (Å²) in [7, 11) is 0. The van der Waals surface area contributed by atoms with E-state index in [4.69, 9.17) is 5.11 Å². The second kappa shape index (κ2) is 7.63. The maximum Gasteiger partial charge on any atom is 0.416 e. The Balaban J connectivity index is 2.68. The van der Waals surface area contributed by atoms with Crippen LogP contribution in [0.5, 0.6) is 0 Å². The van der Waals surface area contributed by atoms with Crippen molar-refractivity contribution >= 4 is 5.91 Å². The van der Waals surface area contributed by atoms with Gasteiger partial charge in [-0.25, -0.2) is 0 Å². The molecule has 22 heavy (non-hydrogen) atoms. The van der Waals surface area contributed by atoms with Crippen molar-refractivity contribution in [3.8, 4) is 0 Å². The van der Waals surface area contributed by atoms with Gasteiger partial charge >= 0.3 is 6.18 Å². The van der Waals surface area contributed by atoms with E-state index in [1.807, 2.05) is 6.92 Å². The van der Waals surface area contributed by atoms with Crippen molar-refractivity contribution in [2.75, 3.05) is 6.61 Å². The Bertz CT molecular complexity index is 502. The molecule has 0 aliphatic heterocycles. The van der Waals surface area contributed by atoms with Gasteiger partial charge in [0.25, 0.3) is 0 Å². The van der Waals surface area contributed by atoms with E-state index < -0.39 is 17.7 Å². The van der Waals surface area contributed by atoms with Crippen LogP contribution in [0.3, 0.4) is 0 Å². The number of rotatable bonds is 6. The van der Waals surface area contributed by atoms with Gasteiger partial charge in [0, 0.05) is 18.6 Å². The first kappa shape index (κ1) is 18.5. The molecule has 0 saturated carbocycles. The zero-order valence-corrected chi connectivity index (χ0v) is 12.9. The van der Waals surface area contributed by atoms with Gasteiger partial charge in [0.2, 0.25) is 5.91 Å². The number of hydrogen-bond acceptors (Lipinski definition) is 2. The van der Waals surface area contributed by atoms with Crippen LogP contribution in [-0.2, 0) is 17.4 Å². The number of benzene rings is 1. The van der Waals surface area contributed by atoms with Crippen LogP contribution in [0.1, 0.15) is 31.9 Å². The van der Waals surface area contributed by atoms with Gasteiger partial charge in [-0.1, -0.05) is 32.0 Å². The molecule has 0 heterocycles. The summed E-state index contributed by atoms with van der Waals surface area (Å²) in [5, 5.41) is 11.8. The highest BCUT2D eigenvalue weighted by atomic mass is 19.4. The van der Waals surface area contributed by atoms with Gasteiger partial charge in [-0.15, -0.1) is 0 Å². The predicted molar refractivity (Wildman–Crippen MR) is 78.2 cm³/mol. The summed E-state index contributed by atoms with van der Waals surface area (Å²) < 4.78 is 38.0. The maximum absolute atomic E-state index is 12.7. The first-order valence-electron chi connectivity index (χ1n) is 7.22. The lowest BCUT2D eigenvalue weighted by molar-refractivity contribution is -0.137. The summed E-state index contributed by atoms with van der Waals surface area (Å²) in [5.74, 6) is -0.758. The molecule has 0 aliphatic carbocycles. The number of hydrogen-bond donors (Lipinski definition) is 2. The van der Waals surface area contributed by atoms with Gasteiger partial charge in [-0.05, 0) is 30.9 Å². The molecule has 0 saturated heterocycles. The second-order valence-corrected chi connectivity index (χ2v) is 5.76. The van der Waals surface area contributed by atoms with E-state index >= 15 is 0 Å². The number of amides is 1. The summed E-state index contributed by atoms with van der Waals surface area (Å²) in [6.45, 7) is 5.23. The van der Waals surface area contributed by atoms with Crippen molar-refractivity contribution in [2.24, 2.45) is 11.8 Å². The molecule has 0 aromatic heterocycles. The van der Waals surface area contributed by atoms with E-state index in [-0.39, 0.29) is 30.9 Å². The molecule has 6 heteroatoms. The van der Waals surface area contributed by atoms with E-state index in [1.54, 1.807) is 19.9 Å². The number of carbonyl (C=O) groups excluding carboxylic acids is 1. The SMILES string of the molecule is CC(Cc1cccc(C(F)(F)F)c1)C(=O)NC(C)C(C)CO. The summed E-state index contributed by atoms with van der Waals surface area (Å²) in [6, 6.07) is 4.82. The fourth-order valence-corrected chi connectivity index (χ4v) is 1.99. The van der Waals surface area contributed by atoms with Crippen molar-refractivity contribution in [3.63, 3.8) is 0 Å². The first-order chi connectivity index (χ1) is 10.1. The van der Waals surface area contributed by atoms with Crippen LogP contribution in [0.25, 0.3) is 0 Å². The lowest BCUT2D eigenvalue weighted by Crippen LogP contribution is -2.41. The summed E-state index contributed by atoms with van der Waals surface area (Å²) in [5.41, 5.74) is -0.236. The minimum absolute atomic E-state index is 0.0382. The van der Waals surface area contributed by atoms with Crippen LogP contribution in [0.2, 0.25) is 0 Å². The van der Waals surface area contributed by atoms with Crippen molar-refractivity contribution in [2.45, 2.75) is 39.4 Å². The van der Waals surface area contributed by atoms with Crippen LogP contribution in [0, 0.1) is 11.8 Å². The lowest BCUT2D eigenvalue weighted by Gasteiger charge is -2.21. The second-order valence-electron chi connectivity index (χ2n) is 5.76. The lowest BCUT2D eigenvalue weighted by atomic mass is 9.97. The highest BCUT2D eigenvalue weighted by molar-refractivity contribution is 5.78. The minimum Gasteiger partial charge on any atom is -0.396 e. The van der Waals surface area contributed by atoms with Crippen molar-refractivity contribution < 1.29 is 23.1 Å². The zero-order chi connectivity index (χ0) is 16.9. The highest BCUT2D eigenvalue weighted by Crippen LogP contribution is 2.30. The molecule has 1 aromatic carbocycles. The van der Waals surface area contributed by atoms with Gasteiger partial charge in [-0.2, -0.15) is 13.2 Å². The summed E-state index contributed by atoms with van der Waals surface area (Å²) in [4.78, 5) is 12.0. The van der Waals surface area contributed by atoms with Crippen LogP contribution in [0.15, 0.2) is 24.3 Å². The Morgan fingerprint density at radius 1 is 1.27 bits per heavy atom. The molecule has 2 N–H and O–H groups in total. The standard InChI is InChI=1S/C16H22F3NO2/c1-10(15(22)20-12(3)11(2)9-21)7-13-5-4-6-14(8-13)16(17,18)19/h4-6,8,10-12,21H,7,9H2,1-3H3,(H,20,22). The number of alkyl halides is 3. The number of aliphatic hydroxyl groups excluding tert-OH is 1. The van der Waals surface area contributed by atoms with Crippen molar-refractivity contribution in [3.05, 3.63) is 35.4 Å². The smallest absolute Gasteiger partial charge is 0.396 e. The van der Waals surface area contributed by atoms with Gasteiger partial charge < -0.3 is 10.4 Å². The minimum atomic E-state index is -4.38. The topological polar surface area (TPSA) is 49.3 Å². The van der Waals surface area contributed by atoms with E-state index in [0.29, 0.717) is 5.56 Å². The zero-order valence-electron chi connectivity index (χ0n) is 12.9. The van der Waals surface area contributed by atoms with Crippen LogP contribution < -0.4 is 5.32 Å². The molecule has 0 bridgehead atoms. The van der Waals surface area contributed by atoms with Gasteiger partial charge in [-0.3, -0.25) is 4.79 Å². The monoisotopic (exact) mass is 317 g/mol. The molecule has 3 atom stereocenters. The van der Waals surface area contributed by atoms with E-state index in [2.05, 4.69) is 5.32 Å². The first-order valence-corrected chi connectivity index (χ1v) is 7.22. The molecular weight excluding hydrogens is 295 g/mol. The molecule has 3 nitrogen and oxygen atoms in total. The average Bonchev–Trinajstić information content (AvgIpc) is 2.45. The molecule has 0 spiro atoms. The molecule has 0 radical (unpaired) electrons. The Kier molecular flexibility index (Phi) is 6.41. The summed E-state index contributed by atoms with van der Waals surface area (Å²) in [6.07, 6.45) is -4.15. The van der Waals surface area contributed by atoms with Gasteiger partial charge in [0.05, 0.1) is 5.56 Å². The van der Waals surface area contributed by atoms with E-state index in [9.17, 15) is 18.0 Å². The molecule has 0 aliphatic rings. The van der Waals surface area contributed by atoms with Crippen molar-refractivity contribution in [1.82, 2.24) is 5.32 Å². The van der Waals surface area contributed by atoms with Crippen LogP contribution in [0.4, 0.5) is 13.2 Å². The number of aliphatic hydroxyl groups is 1. The quantitative estimate of drug-likeness (QED) is 0.847. The van der Waals surface area contributed by atoms with Crippen molar-refractivity contribution in [1.29, 1.82) is 0 Å². The normalized spacial score (nSPS) is 16.0. The fourth-order valence-electron chi connectivity index (χ4n) is 1.99. The maximum atomic E-state index is 12.7. The predicted octanol–water partition coefficient (Wildman–Crippen LogP) is 3.02. The Hall–Kier alpha value is -1.56. The van der Waals surface area contributed by atoms with Crippen LogP contribution >= 0.6 is 0 Å². The average molecular weight is 317 g/mol. The Morgan fingerprint density at radius 2 is 1.91 bits per heavy atom. The molecule has 124 valence electrons. The van der Waals surface area contributed by atoms with E-state index in [1.165, 1.54) is 6.07 Å².